The number of thioether (sulfide) groups is 1. The summed E-state index contributed by atoms with van der Waals surface area (Å²) in [5.41, 5.74) is 2.26. The number of halogens is 1. The topological polar surface area (TPSA) is 17.3 Å². The van der Waals surface area contributed by atoms with Gasteiger partial charge in [-0.2, -0.15) is 11.8 Å². The van der Waals surface area contributed by atoms with E-state index in [1.807, 2.05) is 23.9 Å². The fraction of sp³-hybridized carbons (Fsp3) is 0.462. The van der Waals surface area contributed by atoms with Crippen molar-refractivity contribution in [1.29, 1.82) is 0 Å². The zero-order valence-corrected chi connectivity index (χ0v) is 11.4. The normalized spacial score (nSPS) is 17.8. The Labute approximate surface area is 110 Å². The first kappa shape index (κ1) is 11.4. The lowest BCUT2D eigenvalue weighted by atomic mass is 10.0. The van der Waals surface area contributed by atoms with Gasteiger partial charge in [0.25, 0.3) is 0 Å². The van der Waals surface area contributed by atoms with Crippen LogP contribution >= 0.6 is 23.4 Å². The fourth-order valence-electron chi connectivity index (χ4n) is 2.52. The summed E-state index contributed by atoms with van der Waals surface area (Å²) in [5.74, 6) is 4.20. The summed E-state index contributed by atoms with van der Waals surface area (Å²) in [6.45, 7) is 2.12. The maximum atomic E-state index is 6.23. The van der Waals surface area contributed by atoms with Crippen LogP contribution in [0.15, 0.2) is 18.2 Å². The summed E-state index contributed by atoms with van der Waals surface area (Å²) >= 11 is 8.27. The molecule has 0 spiro atoms. The largest absolute Gasteiger partial charge is 0.299 e. The van der Waals surface area contributed by atoms with E-state index in [0.29, 0.717) is 11.1 Å². The van der Waals surface area contributed by atoms with Crippen molar-refractivity contribution < 1.29 is 0 Å². The van der Waals surface area contributed by atoms with Crippen molar-refractivity contribution in [3.05, 3.63) is 34.9 Å². The first-order valence-corrected chi connectivity index (χ1v) is 7.52. The van der Waals surface area contributed by atoms with Gasteiger partial charge in [-0.05, 0) is 43.4 Å². The Balaban J connectivity index is 2.15. The molecule has 2 nitrogen and oxygen atoms in total. The van der Waals surface area contributed by atoms with Crippen molar-refractivity contribution in [3.8, 4) is 0 Å². The maximum Gasteiger partial charge on any atom is 0.155 e. The molecule has 0 unspecified atom stereocenters. The zero-order chi connectivity index (χ0) is 11.8. The van der Waals surface area contributed by atoms with Gasteiger partial charge in [0.15, 0.2) is 5.15 Å². The van der Waals surface area contributed by atoms with Crippen molar-refractivity contribution in [1.82, 2.24) is 9.38 Å². The number of imidazole rings is 1. The van der Waals surface area contributed by atoms with Gasteiger partial charge in [0.05, 0.1) is 5.52 Å². The average molecular weight is 267 g/mol. The molecule has 0 saturated carbocycles. The lowest BCUT2D eigenvalue weighted by Gasteiger charge is -2.20. The van der Waals surface area contributed by atoms with Crippen LogP contribution in [0, 0.1) is 6.92 Å². The highest BCUT2D eigenvalue weighted by molar-refractivity contribution is 7.99. The summed E-state index contributed by atoms with van der Waals surface area (Å²) in [4.78, 5) is 4.59. The van der Waals surface area contributed by atoms with Crippen molar-refractivity contribution in [2.24, 2.45) is 0 Å². The standard InChI is InChI=1S/C13H15ClN2S/c1-9-3-2-4-11-12(14)15-13(16(9)11)10-5-7-17-8-6-10/h2-4,10H,5-8H2,1H3. The second kappa shape index (κ2) is 4.54. The van der Waals surface area contributed by atoms with E-state index in [1.54, 1.807) is 0 Å². The molecule has 2 aromatic heterocycles. The number of fused-ring (bicyclic) bond motifs is 1. The molecule has 4 heteroatoms. The molecule has 1 aliphatic heterocycles. The molecule has 0 aliphatic carbocycles. The summed E-state index contributed by atoms with van der Waals surface area (Å²) in [6.07, 6.45) is 2.43. The molecule has 0 bridgehead atoms. The van der Waals surface area contributed by atoms with Crippen molar-refractivity contribution >= 4 is 28.9 Å². The summed E-state index contributed by atoms with van der Waals surface area (Å²) in [6, 6.07) is 6.20. The highest BCUT2D eigenvalue weighted by Gasteiger charge is 2.22. The second-order valence-electron chi connectivity index (χ2n) is 4.54. The highest BCUT2D eigenvalue weighted by atomic mass is 35.5. The number of hydrogen-bond donors (Lipinski definition) is 0. The third kappa shape index (κ3) is 1.95. The Morgan fingerprint density at radius 2 is 2.12 bits per heavy atom. The predicted molar refractivity (Wildman–Crippen MR) is 74.2 cm³/mol. The molecular formula is C13H15ClN2S. The van der Waals surface area contributed by atoms with E-state index in [-0.39, 0.29) is 0 Å². The number of nitrogens with zero attached hydrogens (tertiary/aromatic N) is 2. The van der Waals surface area contributed by atoms with Gasteiger partial charge in [0.1, 0.15) is 5.82 Å². The Bertz CT molecular complexity index is 544. The minimum Gasteiger partial charge on any atom is -0.299 e. The SMILES string of the molecule is Cc1cccc2c(Cl)nc(C3CCSCC3)n12. The predicted octanol–water partition coefficient (Wildman–Crippen LogP) is 3.91. The van der Waals surface area contributed by atoms with Gasteiger partial charge in [0.2, 0.25) is 0 Å². The number of aryl methyl sites for hydroxylation is 1. The molecule has 3 heterocycles. The summed E-state index contributed by atoms with van der Waals surface area (Å²) in [5, 5.41) is 0.641. The van der Waals surface area contributed by atoms with E-state index in [0.717, 1.165) is 11.3 Å². The average Bonchev–Trinajstić information content (AvgIpc) is 2.70. The van der Waals surface area contributed by atoms with Crippen molar-refractivity contribution in [2.75, 3.05) is 11.5 Å². The third-order valence-corrected chi connectivity index (χ3v) is 4.75. The molecule has 0 atom stereocenters. The Morgan fingerprint density at radius 1 is 1.35 bits per heavy atom. The number of aromatic nitrogens is 2. The van der Waals surface area contributed by atoms with E-state index < -0.39 is 0 Å². The number of pyridine rings is 1. The lowest BCUT2D eigenvalue weighted by Crippen LogP contribution is -2.12. The molecule has 0 N–H and O–H groups in total. The third-order valence-electron chi connectivity index (χ3n) is 3.42. The van der Waals surface area contributed by atoms with Crippen LogP contribution in [0.1, 0.15) is 30.3 Å². The van der Waals surface area contributed by atoms with Crippen LogP contribution in [0.25, 0.3) is 5.52 Å². The molecule has 1 aliphatic rings. The Morgan fingerprint density at radius 3 is 2.88 bits per heavy atom. The van der Waals surface area contributed by atoms with Crippen molar-refractivity contribution in [2.45, 2.75) is 25.7 Å². The van der Waals surface area contributed by atoms with Gasteiger partial charge >= 0.3 is 0 Å². The Hall–Kier alpha value is -0.670. The van der Waals surface area contributed by atoms with Crippen LogP contribution in [0.3, 0.4) is 0 Å². The fourth-order valence-corrected chi connectivity index (χ4v) is 3.86. The molecular weight excluding hydrogens is 252 g/mol. The first-order valence-electron chi connectivity index (χ1n) is 5.98. The molecule has 90 valence electrons. The van der Waals surface area contributed by atoms with E-state index in [4.69, 9.17) is 11.6 Å². The van der Waals surface area contributed by atoms with Crippen LogP contribution < -0.4 is 0 Å². The molecule has 3 rings (SSSR count). The van der Waals surface area contributed by atoms with Crippen molar-refractivity contribution in [3.63, 3.8) is 0 Å². The minimum atomic E-state index is 0.567. The van der Waals surface area contributed by atoms with E-state index in [9.17, 15) is 0 Å². The number of rotatable bonds is 1. The Kier molecular flexibility index (Phi) is 3.05. The molecule has 2 aromatic rings. The minimum absolute atomic E-state index is 0.567. The molecule has 0 amide bonds. The highest BCUT2D eigenvalue weighted by Crippen LogP contribution is 2.33. The van der Waals surface area contributed by atoms with Crippen LogP contribution in [0.4, 0.5) is 0 Å². The smallest absolute Gasteiger partial charge is 0.155 e. The maximum absolute atomic E-state index is 6.23. The summed E-state index contributed by atoms with van der Waals surface area (Å²) < 4.78 is 2.23. The van der Waals surface area contributed by atoms with Gasteiger partial charge in [-0.3, -0.25) is 4.40 Å². The van der Waals surface area contributed by atoms with Gasteiger partial charge in [-0.15, -0.1) is 0 Å². The molecule has 0 aromatic carbocycles. The zero-order valence-electron chi connectivity index (χ0n) is 9.82. The lowest BCUT2D eigenvalue weighted by molar-refractivity contribution is 0.594. The second-order valence-corrected chi connectivity index (χ2v) is 6.12. The first-order chi connectivity index (χ1) is 8.27. The molecule has 0 radical (unpaired) electrons. The van der Waals surface area contributed by atoms with Gasteiger partial charge in [0, 0.05) is 11.6 Å². The van der Waals surface area contributed by atoms with E-state index in [2.05, 4.69) is 22.4 Å². The van der Waals surface area contributed by atoms with Crippen LogP contribution in [0.5, 0.6) is 0 Å². The molecule has 1 fully saturated rings. The quantitative estimate of drug-likeness (QED) is 0.779. The van der Waals surface area contributed by atoms with E-state index in [1.165, 1.54) is 30.0 Å². The molecule has 1 saturated heterocycles. The van der Waals surface area contributed by atoms with Crippen LogP contribution in [-0.4, -0.2) is 20.9 Å². The monoisotopic (exact) mass is 266 g/mol. The van der Waals surface area contributed by atoms with Gasteiger partial charge in [-0.1, -0.05) is 17.7 Å². The van der Waals surface area contributed by atoms with Crippen LogP contribution in [0.2, 0.25) is 5.15 Å². The number of hydrogen-bond acceptors (Lipinski definition) is 2. The van der Waals surface area contributed by atoms with Gasteiger partial charge in [-0.25, -0.2) is 4.98 Å². The van der Waals surface area contributed by atoms with E-state index >= 15 is 0 Å². The molecule has 17 heavy (non-hydrogen) atoms. The summed E-state index contributed by atoms with van der Waals surface area (Å²) in [7, 11) is 0. The van der Waals surface area contributed by atoms with Crippen LogP contribution in [-0.2, 0) is 0 Å². The van der Waals surface area contributed by atoms with Gasteiger partial charge < -0.3 is 0 Å².